The van der Waals surface area contributed by atoms with Gasteiger partial charge >= 0.3 is 0 Å². The van der Waals surface area contributed by atoms with Crippen LogP contribution in [0, 0.1) is 12.8 Å². The molecule has 1 aromatic heterocycles. The van der Waals surface area contributed by atoms with Gasteiger partial charge < -0.3 is 10.6 Å². The third kappa shape index (κ3) is 3.93. The third-order valence-electron chi connectivity index (χ3n) is 4.02. The van der Waals surface area contributed by atoms with Crippen molar-refractivity contribution in [1.82, 2.24) is 10.3 Å². The first-order valence-corrected chi connectivity index (χ1v) is 8.62. The number of nitrogens with zero attached hydrogens (tertiary/aromatic N) is 1. The molecule has 4 nitrogen and oxygen atoms in total. The highest BCUT2D eigenvalue weighted by Crippen LogP contribution is 2.23. The number of hydrogen-bond donors (Lipinski definition) is 2. The van der Waals surface area contributed by atoms with Crippen molar-refractivity contribution in [3.63, 3.8) is 0 Å². The van der Waals surface area contributed by atoms with Crippen molar-refractivity contribution in [3.05, 3.63) is 34.7 Å². The van der Waals surface area contributed by atoms with Crippen molar-refractivity contribution in [2.24, 2.45) is 5.92 Å². The van der Waals surface area contributed by atoms with Crippen LogP contribution in [0.3, 0.4) is 0 Å². The highest BCUT2D eigenvalue weighted by atomic mass is 32.1. The van der Waals surface area contributed by atoms with E-state index in [2.05, 4.69) is 21.0 Å². The minimum atomic E-state index is 0.115. The summed E-state index contributed by atoms with van der Waals surface area (Å²) in [4.78, 5) is 16.6. The van der Waals surface area contributed by atoms with E-state index in [-0.39, 0.29) is 5.91 Å². The molecule has 2 aromatic rings. The fourth-order valence-electron chi connectivity index (χ4n) is 2.78. The Morgan fingerprint density at radius 2 is 2.05 bits per heavy atom. The molecule has 0 aliphatic carbocycles. The molecule has 1 saturated heterocycles. The van der Waals surface area contributed by atoms with Gasteiger partial charge in [0.15, 0.2) is 0 Å². The van der Waals surface area contributed by atoms with Crippen LogP contribution in [-0.2, 0) is 4.79 Å². The first-order chi connectivity index (χ1) is 10.7. The standard InChI is InChI=1S/C17H21N3OS/c1-12-19-16(11-22-12)14-2-4-15(5-3-14)20-17(21)10-13-6-8-18-9-7-13/h2-5,11,13,18H,6-10H2,1H3,(H,20,21). The Bertz CT molecular complexity index is 630. The largest absolute Gasteiger partial charge is 0.326 e. The van der Waals surface area contributed by atoms with Crippen LogP contribution >= 0.6 is 11.3 Å². The maximum Gasteiger partial charge on any atom is 0.224 e. The molecule has 5 heteroatoms. The van der Waals surface area contributed by atoms with Crippen LogP contribution in [0.15, 0.2) is 29.6 Å². The quantitative estimate of drug-likeness (QED) is 0.908. The number of aromatic nitrogens is 1. The van der Waals surface area contributed by atoms with E-state index >= 15 is 0 Å². The smallest absolute Gasteiger partial charge is 0.224 e. The van der Waals surface area contributed by atoms with Gasteiger partial charge in [-0.25, -0.2) is 4.98 Å². The number of benzene rings is 1. The number of nitrogens with one attached hydrogen (secondary N) is 2. The summed E-state index contributed by atoms with van der Waals surface area (Å²) in [5, 5.41) is 9.44. The van der Waals surface area contributed by atoms with Gasteiger partial charge in [-0.15, -0.1) is 11.3 Å². The second-order valence-electron chi connectivity index (χ2n) is 5.77. The molecule has 1 fully saturated rings. The summed E-state index contributed by atoms with van der Waals surface area (Å²) in [7, 11) is 0. The zero-order valence-electron chi connectivity index (χ0n) is 12.8. The number of anilines is 1. The summed E-state index contributed by atoms with van der Waals surface area (Å²) in [6.45, 7) is 4.06. The lowest BCUT2D eigenvalue weighted by Gasteiger charge is -2.21. The van der Waals surface area contributed by atoms with Crippen LogP contribution in [0.4, 0.5) is 5.69 Å². The zero-order valence-corrected chi connectivity index (χ0v) is 13.6. The maximum absolute atomic E-state index is 12.1. The van der Waals surface area contributed by atoms with E-state index in [1.807, 2.05) is 31.2 Å². The number of hydrogen-bond acceptors (Lipinski definition) is 4. The molecule has 1 aromatic carbocycles. The first-order valence-electron chi connectivity index (χ1n) is 7.74. The molecular formula is C17H21N3OS. The molecule has 1 aliphatic heterocycles. The van der Waals surface area contributed by atoms with Gasteiger partial charge in [-0.1, -0.05) is 12.1 Å². The maximum atomic E-state index is 12.1. The lowest BCUT2D eigenvalue weighted by molar-refractivity contribution is -0.117. The van der Waals surface area contributed by atoms with Crippen molar-refractivity contribution < 1.29 is 4.79 Å². The SMILES string of the molecule is Cc1nc(-c2ccc(NC(=O)CC3CCNCC3)cc2)cs1. The molecule has 0 atom stereocenters. The van der Waals surface area contributed by atoms with Crippen molar-refractivity contribution in [3.8, 4) is 11.3 Å². The number of rotatable bonds is 4. The molecule has 2 heterocycles. The number of piperidine rings is 1. The predicted octanol–water partition coefficient (Wildman–Crippen LogP) is 3.45. The van der Waals surface area contributed by atoms with Gasteiger partial charge in [-0.05, 0) is 50.9 Å². The minimum Gasteiger partial charge on any atom is -0.326 e. The molecule has 0 unspecified atom stereocenters. The average molecular weight is 315 g/mol. The second-order valence-corrected chi connectivity index (χ2v) is 6.84. The van der Waals surface area contributed by atoms with E-state index < -0.39 is 0 Å². The number of carbonyl (C=O) groups excluding carboxylic acids is 1. The first kappa shape index (κ1) is 15.2. The highest BCUT2D eigenvalue weighted by Gasteiger charge is 2.16. The Kier molecular flexibility index (Phi) is 4.85. The summed E-state index contributed by atoms with van der Waals surface area (Å²) in [5.41, 5.74) is 2.94. The van der Waals surface area contributed by atoms with E-state index in [9.17, 15) is 4.79 Å². The number of aryl methyl sites for hydroxylation is 1. The molecule has 2 N–H and O–H groups in total. The van der Waals surface area contributed by atoms with Crippen LogP contribution in [0.5, 0.6) is 0 Å². The molecule has 1 aliphatic rings. The van der Waals surface area contributed by atoms with Gasteiger partial charge in [0.2, 0.25) is 5.91 Å². The van der Waals surface area contributed by atoms with E-state index in [1.54, 1.807) is 11.3 Å². The van der Waals surface area contributed by atoms with Gasteiger partial charge in [0.05, 0.1) is 10.7 Å². The summed E-state index contributed by atoms with van der Waals surface area (Å²) in [6.07, 6.45) is 2.81. The van der Waals surface area contributed by atoms with Crippen LogP contribution in [-0.4, -0.2) is 24.0 Å². The predicted molar refractivity (Wildman–Crippen MR) is 91.1 cm³/mol. The van der Waals surface area contributed by atoms with Crippen LogP contribution < -0.4 is 10.6 Å². The number of carbonyl (C=O) groups is 1. The van der Waals surface area contributed by atoms with E-state index in [1.165, 1.54) is 0 Å². The van der Waals surface area contributed by atoms with Gasteiger partial charge in [0.1, 0.15) is 0 Å². The molecule has 116 valence electrons. The Morgan fingerprint density at radius 3 is 2.68 bits per heavy atom. The lowest BCUT2D eigenvalue weighted by Crippen LogP contribution is -2.30. The fraction of sp³-hybridized carbons (Fsp3) is 0.412. The molecule has 0 saturated carbocycles. The Balaban J connectivity index is 1.57. The molecular weight excluding hydrogens is 294 g/mol. The number of thiazole rings is 1. The average Bonchev–Trinajstić information content (AvgIpc) is 2.95. The Morgan fingerprint density at radius 1 is 1.32 bits per heavy atom. The summed E-state index contributed by atoms with van der Waals surface area (Å²) in [5.74, 6) is 0.627. The minimum absolute atomic E-state index is 0.115. The van der Waals surface area contributed by atoms with Crippen molar-refractivity contribution in [2.75, 3.05) is 18.4 Å². The van der Waals surface area contributed by atoms with Crippen LogP contribution in [0.1, 0.15) is 24.3 Å². The molecule has 3 rings (SSSR count). The van der Waals surface area contributed by atoms with Crippen molar-refractivity contribution >= 4 is 22.9 Å². The van der Waals surface area contributed by atoms with Crippen LogP contribution in [0.25, 0.3) is 11.3 Å². The zero-order chi connectivity index (χ0) is 15.4. The molecule has 22 heavy (non-hydrogen) atoms. The molecule has 1 amide bonds. The second kappa shape index (κ2) is 7.03. The monoisotopic (exact) mass is 315 g/mol. The number of amides is 1. The normalized spacial score (nSPS) is 15.7. The van der Waals surface area contributed by atoms with E-state index in [0.717, 1.165) is 47.9 Å². The van der Waals surface area contributed by atoms with Crippen LogP contribution in [0.2, 0.25) is 0 Å². The summed E-state index contributed by atoms with van der Waals surface area (Å²) >= 11 is 1.65. The van der Waals surface area contributed by atoms with Gasteiger partial charge in [0, 0.05) is 23.1 Å². The van der Waals surface area contributed by atoms with Crippen molar-refractivity contribution in [2.45, 2.75) is 26.2 Å². The molecule has 0 radical (unpaired) electrons. The Hall–Kier alpha value is -1.72. The van der Waals surface area contributed by atoms with E-state index in [4.69, 9.17) is 0 Å². The van der Waals surface area contributed by atoms with Gasteiger partial charge in [-0.3, -0.25) is 4.79 Å². The highest BCUT2D eigenvalue weighted by molar-refractivity contribution is 7.09. The van der Waals surface area contributed by atoms with Gasteiger partial charge in [0.25, 0.3) is 0 Å². The van der Waals surface area contributed by atoms with Gasteiger partial charge in [-0.2, -0.15) is 0 Å². The molecule has 0 spiro atoms. The van der Waals surface area contributed by atoms with Crippen molar-refractivity contribution in [1.29, 1.82) is 0 Å². The summed E-state index contributed by atoms with van der Waals surface area (Å²) < 4.78 is 0. The third-order valence-corrected chi connectivity index (χ3v) is 4.79. The topological polar surface area (TPSA) is 54.0 Å². The fourth-order valence-corrected chi connectivity index (χ4v) is 3.40. The lowest BCUT2D eigenvalue weighted by atomic mass is 9.94. The Labute approximate surface area is 135 Å². The molecule has 0 bridgehead atoms. The summed E-state index contributed by atoms with van der Waals surface area (Å²) in [6, 6.07) is 7.91. The van der Waals surface area contributed by atoms with E-state index in [0.29, 0.717) is 12.3 Å².